The van der Waals surface area contributed by atoms with Gasteiger partial charge in [0.2, 0.25) is 15.9 Å². The zero-order chi connectivity index (χ0) is 16.4. The molecule has 3 rings (SSSR count). The van der Waals surface area contributed by atoms with Crippen LogP contribution in [0.3, 0.4) is 0 Å². The van der Waals surface area contributed by atoms with Crippen LogP contribution in [0.2, 0.25) is 0 Å². The fourth-order valence-corrected chi connectivity index (χ4v) is 6.28. The number of carbonyl (C=O) groups is 1. The van der Waals surface area contributed by atoms with Crippen LogP contribution in [0.1, 0.15) is 44.9 Å². The molecule has 6 nitrogen and oxygen atoms in total. The smallest absolute Gasteiger partial charge is 0.225 e. The van der Waals surface area contributed by atoms with E-state index in [2.05, 4.69) is 0 Å². The summed E-state index contributed by atoms with van der Waals surface area (Å²) in [6.07, 6.45) is 6.50. The highest BCUT2D eigenvalue weighted by Crippen LogP contribution is 2.30. The second-order valence-electron chi connectivity index (χ2n) is 7.32. The van der Waals surface area contributed by atoms with Crippen molar-refractivity contribution in [2.24, 2.45) is 17.6 Å². The third-order valence-corrected chi connectivity index (χ3v) is 8.04. The fraction of sp³-hybridized carbons (Fsp3) is 0.938. The first kappa shape index (κ1) is 19.9. The molecule has 1 aliphatic carbocycles. The summed E-state index contributed by atoms with van der Waals surface area (Å²) >= 11 is 0. The second kappa shape index (κ2) is 8.34. The largest absolute Gasteiger partial charge is 0.341 e. The van der Waals surface area contributed by atoms with Gasteiger partial charge in [-0.2, -0.15) is 0 Å². The number of amides is 1. The minimum Gasteiger partial charge on any atom is -0.341 e. The average molecular weight is 380 g/mol. The molecule has 0 spiro atoms. The molecule has 1 amide bonds. The molecule has 0 aromatic rings. The van der Waals surface area contributed by atoms with Crippen molar-refractivity contribution in [1.82, 2.24) is 9.21 Å². The molecule has 24 heavy (non-hydrogen) atoms. The van der Waals surface area contributed by atoms with Crippen LogP contribution in [0.4, 0.5) is 0 Å². The first-order valence-corrected chi connectivity index (χ1v) is 10.5. The van der Waals surface area contributed by atoms with Crippen molar-refractivity contribution in [2.75, 3.05) is 32.7 Å². The topological polar surface area (TPSA) is 83.7 Å². The molecule has 3 fully saturated rings. The first-order valence-electron chi connectivity index (χ1n) is 9.00. The monoisotopic (exact) mass is 379 g/mol. The van der Waals surface area contributed by atoms with Crippen LogP contribution in [0, 0.1) is 11.8 Å². The van der Waals surface area contributed by atoms with Crippen LogP contribution in [-0.2, 0) is 14.8 Å². The molecule has 2 saturated heterocycles. The highest BCUT2D eigenvalue weighted by atomic mass is 35.5. The Morgan fingerprint density at radius 2 is 1.71 bits per heavy atom. The lowest BCUT2D eigenvalue weighted by Gasteiger charge is -2.35. The van der Waals surface area contributed by atoms with Gasteiger partial charge in [-0.1, -0.05) is 12.8 Å². The summed E-state index contributed by atoms with van der Waals surface area (Å²) < 4.78 is 27.4. The molecule has 0 radical (unpaired) electrons. The van der Waals surface area contributed by atoms with Gasteiger partial charge in [0.25, 0.3) is 0 Å². The molecule has 2 N–H and O–H groups in total. The molecule has 8 heteroatoms. The van der Waals surface area contributed by atoms with Gasteiger partial charge in [0.15, 0.2) is 0 Å². The van der Waals surface area contributed by atoms with Gasteiger partial charge in [0, 0.05) is 32.1 Å². The van der Waals surface area contributed by atoms with E-state index in [0.717, 1.165) is 38.5 Å². The van der Waals surface area contributed by atoms with E-state index < -0.39 is 15.3 Å². The van der Waals surface area contributed by atoms with Crippen molar-refractivity contribution in [2.45, 2.75) is 50.2 Å². The van der Waals surface area contributed by atoms with Crippen molar-refractivity contribution < 1.29 is 13.2 Å². The predicted molar refractivity (Wildman–Crippen MR) is 96.5 cm³/mol. The molecule has 2 unspecified atom stereocenters. The molecule has 0 aromatic carbocycles. The van der Waals surface area contributed by atoms with Gasteiger partial charge in [0.1, 0.15) is 0 Å². The van der Waals surface area contributed by atoms with E-state index in [4.69, 9.17) is 5.73 Å². The maximum Gasteiger partial charge on any atom is 0.225 e. The van der Waals surface area contributed by atoms with E-state index in [-0.39, 0.29) is 30.2 Å². The number of piperidine rings is 1. The van der Waals surface area contributed by atoms with Crippen LogP contribution in [0.15, 0.2) is 0 Å². The summed E-state index contributed by atoms with van der Waals surface area (Å²) in [6.45, 7) is 2.76. The maximum atomic E-state index is 12.9. The molecule has 3 aliphatic rings. The Kier molecular flexibility index (Phi) is 6.93. The normalized spacial score (nSPS) is 29.6. The Morgan fingerprint density at radius 1 is 1.00 bits per heavy atom. The van der Waals surface area contributed by atoms with E-state index in [1.165, 1.54) is 0 Å². The average Bonchev–Trinajstić information content (AvgIpc) is 3.25. The van der Waals surface area contributed by atoms with Crippen molar-refractivity contribution in [3.05, 3.63) is 0 Å². The summed E-state index contributed by atoms with van der Waals surface area (Å²) in [6, 6.07) is 0. The third kappa shape index (κ3) is 4.06. The van der Waals surface area contributed by atoms with E-state index >= 15 is 0 Å². The second-order valence-corrected chi connectivity index (χ2v) is 9.54. The molecule has 1 saturated carbocycles. The summed E-state index contributed by atoms with van der Waals surface area (Å²) in [5.74, 6) is 0.595. The van der Waals surface area contributed by atoms with Crippen molar-refractivity contribution in [3.8, 4) is 0 Å². The number of nitrogens with zero attached hydrogens (tertiary/aromatic N) is 2. The van der Waals surface area contributed by atoms with Gasteiger partial charge in [-0.15, -0.1) is 12.4 Å². The molecule has 2 atom stereocenters. The standard InChI is InChI=1S/C16H29N3O3S.ClH/c17-10-13-7-9-19(11-13)23(21,22)15-6-3-8-18(12-15)16(20)14-4-1-2-5-14;/h13-15H,1-12,17H2;1H. The lowest BCUT2D eigenvalue weighted by molar-refractivity contribution is -0.136. The molecular formula is C16H30ClN3O3S. The Labute approximate surface area is 151 Å². The molecule has 0 aromatic heterocycles. The van der Waals surface area contributed by atoms with Crippen LogP contribution in [0.25, 0.3) is 0 Å². The molecule has 140 valence electrons. The SMILES string of the molecule is Cl.NCC1CCN(S(=O)(=O)C2CCCN(C(=O)C3CCCC3)C2)C1. The number of nitrogens with two attached hydrogens (primary N) is 1. The van der Waals surface area contributed by atoms with Gasteiger partial charge < -0.3 is 10.6 Å². The van der Waals surface area contributed by atoms with Gasteiger partial charge in [-0.3, -0.25) is 4.79 Å². The quantitative estimate of drug-likeness (QED) is 0.795. The summed E-state index contributed by atoms with van der Waals surface area (Å²) in [5.41, 5.74) is 5.67. The number of likely N-dealkylation sites (tertiary alicyclic amines) is 1. The van der Waals surface area contributed by atoms with Crippen molar-refractivity contribution >= 4 is 28.3 Å². The Bertz CT molecular complexity index is 537. The van der Waals surface area contributed by atoms with E-state index in [1.54, 1.807) is 4.31 Å². The number of hydrogen-bond acceptors (Lipinski definition) is 4. The van der Waals surface area contributed by atoms with Crippen LogP contribution < -0.4 is 5.73 Å². The zero-order valence-corrected chi connectivity index (χ0v) is 15.9. The van der Waals surface area contributed by atoms with Gasteiger partial charge in [-0.25, -0.2) is 12.7 Å². The number of carbonyl (C=O) groups excluding carboxylic acids is 1. The van der Waals surface area contributed by atoms with E-state index in [9.17, 15) is 13.2 Å². The minimum absolute atomic E-state index is 0. The molecule has 0 bridgehead atoms. The summed E-state index contributed by atoms with van der Waals surface area (Å²) in [7, 11) is -3.31. The number of hydrogen-bond donors (Lipinski definition) is 1. The Morgan fingerprint density at radius 3 is 2.33 bits per heavy atom. The van der Waals surface area contributed by atoms with Crippen molar-refractivity contribution in [3.63, 3.8) is 0 Å². The number of sulfonamides is 1. The zero-order valence-electron chi connectivity index (χ0n) is 14.2. The maximum absolute atomic E-state index is 12.9. The molecule has 2 aliphatic heterocycles. The van der Waals surface area contributed by atoms with Crippen LogP contribution in [-0.4, -0.2) is 61.5 Å². The number of halogens is 1. The summed E-state index contributed by atoms with van der Waals surface area (Å²) in [5, 5.41) is -0.432. The Balaban J connectivity index is 0.00000208. The van der Waals surface area contributed by atoms with Gasteiger partial charge >= 0.3 is 0 Å². The minimum atomic E-state index is -3.31. The fourth-order valence-electron chi connectivity index (χ4n) is 4.24. The van der Waals surface area contributed by atoms with Crippen molar-refractivity contribution in [1.29, 1.82) is 0 Å². The third-order valence-electron chi connectivity index (χ3n) is 5.76. The van der Waals surface area contributed by atoms with E-state index in [0.29, 0.717) is 39.1 Å². The lowest BCUT2D eigenvalue weighted by Crippen LogP contribution is -2.50. The lowest BCUT2D eigenvalue weighted by atomic mass is 10.0. The van der Waals surface area contributed by atoms with E-state index in [1.807, 2.05) is 4.90 Å². The Hall–Kier alpha value is -0.370. The molecule has 2 heterocycles. The predicted octanol–water partition coefficient (Wildman–Crippen LogP) is 1.20. The van der Waals surface area contributed by atoms with Crippen LogP contribution >= 0.6 is 12.4 Å². The first-order chi connectivity index (χ1) is 11.0. The van der Waals surface area contributed by atoms with Gasteiger partial charge in [-0.05, 0) is 44.6 Å². The molecular weight excluding hydrogens is 350 g/mol. The highest BCUT2D eigenvalue weighted by Gasteiger charge is 2.40. The summed E-state index contributed by atoms with van der Waals surface area (Å²) in [4.78, 5) is 14.4. The van der Waals surface area contributed by atoms with Crippen LogP contribution in [0.5, 0.6) is 0 Å². The van der Waals surface area contributed by atoms with Gasteiger partial charge in [0.05, 0.1) is 5.25 Å². The number of rotatable bonds is 4. The highest BCUT2D eigenvalue weighted by molar-refractivity contribution is 7.89.